The van der Waals surface area contributed by atoms with Gasteiger partial charge in [0.15, 0.2) is 5.75 Å². The quantitative estimate of drug-likeness (QED) is 0.391. The number of para-hydroxylation sites is 1. The van der Waals surface area contributed by atoms with Crippen molar-refractivity contribution in [3.8, 4) is 5.75 Å². The van der Waals surface area contributed by atoms with Crippen LogP contribution in [-0.2, 0) is 0 Å². The van der Waals surface area contributed by atoms with Crippen LogP contribution < -0.4 is 11.5 Å². The lowest BCUT2D eigenvalue weighted by atomic mass is 10.2. The molecule has 0 saturated heterocycles. The second kappa shape index (κ2) is 3.17. The van der Waals surface area contributed by atoms with Crippen LogP contribution in [0.25, 0.3) is 0 Å². The van der Waals surface area contributed by atoms with Crippen molar-refractivity contribution >= 4 is 23.8 Å². The topological polar surface area (TPSA) is 72.3 Å². The van der Waals surface area contributed by atoms with Gasteiger partial charge in [-0.25, -0.2) is 0 Å². The average Bonchev–Trinajstić information content (AvgIpc) is 1.83. The van der Waals surface area contributed by atoms with E-state index in [0.29, 0.717) is 11.4 Å². The Morgan fingerprint density at radius 2 is 1.50 bits per heavy atom. The van der Waals surface area contributed by atoms with Gasteiger partial charge in [-0.2, -0.15) is 0 Å². The van der Waals surface area contributed by atoms with Crippen molar-refractivity contribution in [2.24, 2.45) is 0 Å². The third kappa shape index (κ3) is 1.45. The highest BCUT2D eigenvalue weighted by Gasteiger charge is 1.96. The lowest BCUT2D eigenvalue weighted by molar-refractivity contribution is 0.480. The van der Waals surface area contributed by atoms with Crippen LogP contribution in [-0.4, -0.2) is 5.11 Å². The summed E-state index contributed by atoms with van der Waals surface area (Å²) in [6.45, 7) is 0. The van der Waals surface area contributed by atoms with Gasteiger partial charge in [0.1, 0.15) is 0 Å². The van der Waals surface area contributed by atoms with Crippen molar-refractivity contribution in [3.05, 3.63) is 18.2 Å². The molecule has 10 heavy (non-hydrogen) atoms. The molecule has 0 spiro atoms. The van der Waals surface area contributed by atoms with Gasteiger partial charge in [0, 0.05) is 0 Å². The molecule has 0 unspecified atom stereocenters. The van der Waals surface area contributed by atoms with E-state index in [-0.39, 0.29) is 18.2 Å². The Balaban J connectivity index is 0.000000810. The molecular weight excluding hydrogens is 152 g/mol. The summed E-state index contributed by atoms with van der Waals surface area (Å²) in [5, 5.41) is 8.96. The van der Waals surface area contributed by atoms with E-state index in [1.165, 1.54) is 0 Å². The van der Waals surface area contributed by atoms with Crippen molar-refractivity contribution in [2.45, 2.75) is 0 Å². The minimum Gasteiger partial charge on any atom is -0.504 e. The summed E-state index contributed by atoms with van der Waals surface area (Å²) in [7, 11) is 0. The number of benzene rings is 1. The molecular formula is C6H9ClN2O. The summed E-state index contributed by atoms with van der Waals surface area (Å²) in [6, 6.07) is 4.86. The van der Waals surface area contributed by atoms with Gasteiger partial charge in [-0.3, -0.25) is 0 Å². The Morgan fingerprint density at radius 3 is 1.80 bits per heavy atom. The first-order valence-corrected chi connectivity index (χ1v) is 2.54. The number of hydrogen-bond donors (Lipinski definition) is 3. The van der Waals surface area contributed by atoms with E-state index in [9.17, 15) is 0 Å². The van der Waals surface area contributed by atoms with Crippen LogP contribution in [0.4, 0.5) is 11.4 Å². The second-order valence-electron chi connectivity index (χ2n) is 1.79. The molecule has 0 aliphatic rings. The van der Waals surface area contributed by atoms with Gasteiger partial charge in [-0.1, -0.05) is 6.07 Å². The van der Waals surface area contributed by atoms with Crippen molar-refractivity contribution in [1.29, 1.82) is 0 Å². The zero-order valence-electron chi connectivity index (χ0n) is 5.24. The molecule has 0 amide bonds. The number of rotatable bonds is 0. The van der Waals surface area contributed by atoms with Crippen LogP contribution in [0.5, 0.6) is 5.75 Å². The highest BCUT2D eigenvalue weighted by molar-refractivity contribution is 5.85. The molecule has 0 fully saturated rings. The third-order valence-electron chi connectivity index (χ3n) is 1.10. The Kier molecular flexibility index (Phi) is 2.83. The molecule has 0 saturated carbocycles. The van der Waals surface area contributed by atoms with E-state index in [0.717, 1.165) is 0 Å². The zero-order chi connectivity index (χ0) is 6.85. The first-order chi connectivity index (χ1) is 4.22. The van der Waals surface area contributed by atoms with E-state index in [1.807, 2.05) is 0 Å². The van der Waals surface area contributed by atoms with Crippen molar-refractivity contribution < 1.29 is 5.11 Å². The predicted octanol–water partition coefficient (Wildman–Crippen LogP) is 0.978. The number of anilines is 2. The van der Waals surface area contributed by atoms with Crippen LogP contribution in [0.1, 0.15) is 0 Å². The molecule has 0 aliphatic heterocycles. The molecule has 0 aliphatic carbocycles. The van der Waals surface area contributed by atoms with Crippen molar-refractivity contribution in [2.75, 3.05) is 11.5 Å². The first kappa shape index (κ1) is 8.91. The Labute approximate surface area is 65.1 Å². The fourth-order valence-corrected chi connectivity index (χ4v) is 0.580. The van der Waals surface area contributed by atoms with E-state index in [4.69, 9.17) is 16.6 Å². The lowest BCUT2D eigenvalue weighted by Gasteiger charge is -1.99. The number of aromatic hydroxyl groups is 1. The fourth-order valence-electron chi connectivity index (χ4n) is 0.580. The number of nitrogens with two attached hydrogens (primary N) is 2. The van der Waals surface area contributed by atoms with Crippen LogP contribution in [0.15, 0.2) is 18.2 Å². The zero-order valence-corrected chi connectivity index (χ0v) is 6.06. The third-order valence-corrected chi connectivity index (χ3v) is 1.10. The summed E-state index contributed by atoms with van der Waals surface area (Å²) >= 11 is 0. The molecule has 5 N–H and O–H groups in total. The van der Waals surface area contributed by atoms with E-state index >= 15 is 0 Å². The maximum Gasteiger partial charge on any atom is 0.161 e. The smallest absolute Gasteiger partial charge is 0.161 e. The van der Waals surface area contributed by atoms with E-state index in [1.54, 1.807) is 18.2 Å². The van der Waals surface area contributed by atoms with Gasteiger partial charge in [-0.15, -0.1) is 12.4 Å². The van der Waals surface area contributed by atoms with Crippen molar-refractivity contribution in [3.63, 3.8) is 0 Å². The number of phenolic OH excluding ortho intramolecular Hbond substituents is 1. The van der Waals surface area contributed by atoms with Gasteiger partial charge in [0.2, 0.25) is 0 Å². The lowest BCUT2D eigenvalue weighted by Crippen LogP contribution is -1.90. The SMILES string of the molecule is Cl.Nc1cccc(N)c1O. The Morgan fingerprint density at radius 1 is 1.10 bits per heavy atom. The molecule has 1 rings (SSSR count). The monoisotopic (exact) mass is 160 g/mol. The predicted molar refractivity (Wildman–Crippen MR) is 44.2 cm³/mol. The van der Waals surface area contributed by atoms with Crippen LogP contribution >= 0.6 is 12.4 Å². The maximum atomic E-state index is 8.96. The van der Waals surface area contributed by atoms with Crippen molar-refractivity contribution in [1.82, 2.24) is 0 Å². The molecule has 0 radical (unpaired) electrons. The Hall–Kier alpha value is -1.09. The fraction of sp³-hybridized carbons (Fsp3) is 0. The van der Waals surface area contributed by atoms with Gasteiger partial charge < -0.3 is 16.6 Å². The molecule has 56 valence electrons. The normalized spacial score (nSPS) is 8.40. The Bertz CT molecular complexity index is 207. The summed E-state index contributed by atoms with van der Waals surface area (Å²) in [5.41, 5.74) is 11.2. The average molecular weight is 161 g/mol. The van der Waals surface area contributed by atoms with Crippen LogP contribution in [0.2, 0.25) is 0 Å². The van der Waals surface area contributed by atoms with Crippen LogP contribution in [0, 0.1) is 0 Å². The second-order valence-corrected chi connectivity index (χ2v) is 1.79. The molecule has 1 aromatic carbocycles. The highest BCUT2D eigenvalue weighted by atomic mass is 35.5. The van der Waals surface area contributed by atoms with Gasteiger partial charge in [0.25, 0.3) is 0 Å². The largest absolute Gasteiger partial charge is 0.504 e. The minimum absolute atomic E-state index is 0. The number of hydrogen-bond acceptors (Lipinski definition) is 3. The minimum atomic E-state index is -0.0301. The molecule has 1 aromatic rings. The molecule has 0 atom stereocenters. The summed E-state index contributed by atoms with van der Waals surface area (Å²) in [6.07, 6.45) is 0. The molecule has 0 heterocycles. The summed E-state index contributed by atoms with van der Waals surface area (Å²) < 4.78 is 0. The summed E-state index contributed by atoms with van der Waals surface area (Å²) in [4.78, 5) is 0. The van der Waals surface area contributed by atoms with Gasteiger partial charge in [-0.05, 0) is 12.1 Å². The molecule has 0 aromatic heterocycles. The van der Waals surface area contributed by atoms with Gasteiger partial charge in [0.05, 0.1) is 11.4 Å². The number of nitrogen functional groups attached to an aromatic ring is 2. The summed E-state index contributed by atoms with van der Waals surface area (Å²) in [5.74, 6) is -0.0301. The molecule has 3 nitrogen and oxygen atoms in total. The molecule has 0 bridgehead atoms. The standard InChI is InChI=1S/C6H8N2O.ClH/c7-4-2-1-3-5(8)6(4)9;/h1-3,9H,7-8H2;1H. The molecule has 4 heteroatoms. The maximum absolute atomic E-state index is 8.96. The first-order valence-electron chi connectivity index (χ1n) is 2.54. The number of halogens is 1. The van der Waals surface area contributed by atoms with E-state index < -0.39 is 0 Å². The van der Waals surface area contributed by atoms with Gasteiger partial charge >= 0.3 is 0 Å². The van der Waals surface area contributed by atoms with E-state index in [2.05, 4.69) is 0 Å². The highest BCUT2D eigenvalue weighted by Crippen LogP contribution is 2.25. The number of phenols is 1. The van der Waals surface area contributed by atoms with Crippen LogP contribution in [0.3, 0.4) is 0 Å².